The molecule has 2 aromatic carbocycles. The molecule has 0 saturated carbocycles. The number of hydrogen-bond acceptors (Lipinski definition) is 7. The van der Waals surface area contributed by atoms with Gasteiger partial charge in [-0.2, -0.15) is 0 Å². The molecule has 1 aliphatic heterocycles. The Balaban J connectivity index is 1.53. The highest BCUT2D eigenvalue weighted by molar-refractivity contribution is 7.89. The van der Waals surface area contributed by atoms with Gasteiger partial charge in [-0.25, -0.2) is 37.3 Å². The van der Waals surface area contributed by atoms with Gasteiger partial charge in [0, 0.05) is 17.8 Å². The van der Waals surface area contributed by atoms with Crippen molar-refractivity contribution in [1.29, 1.82) is 0 Å². The topological polar surface area (TPSA) is 114 Å². The van der Waals surface area contributed by atoms with Gasteiger partial charge >= 0.3 is 0 Å². The first kappa shape index (κ1) is 22.1. The molecule has 1 fully saturated rings. The normalized spacial score (nSPS) is 16.2. The lowest BCUT2D eigenvalue weighted by atomic mass is 10.0. The molecule has 0 spiro atoms. The molecule has 1 atom stereocenters. The predicted octanol–water partition coefficient (Wildman–Crippen LogP) is 4.04. The average molecular weight is 483 g/mol. The van der Waals surface area contributed by atoms with Crippen LogP contribution in [0.1, 0.15) is 24.4 Å². The van der Waals surface area contributed by atoms with Crippen molar-refractivity contribution >= 4 is 38.4 Å². The minimum absolute atomic E-state index is 0.0402. The Hall–Kier alpha value is -3.70. The average Bonchev–Trinajstić information content (AvgIpc) is 3.30. The second kappa shape index (κ2) is 8.58. The van der Waals surface area contributed by atoms with E-state index < -0.39 is 21.7 Å². The second-order valence-corrected chi connectivity index (χ2v) is 9.54. The third kappa shape index (κ3) is 4.27. The first-order valence-electron chi connectivity index (χ1n) is 10.5. The maximum absolute atomic E-state index is 14.5. The van der Waals surface area contributed by atoms with Gasteiger partial charge < -0.3 is 10.2 Å². The minimum atomic E-state index is -3.87. The van der Waals surface area contributed by atoms with E-state index in [1.54, 1.807) is 24.3 Å². The van der Waals surface area contributed by atoms with Gasteiger partial charge in [0.1, 0.15) is 29.3 Å². The van der Waals surface area contributed by atoms with Crippen LogP contribution < -0.4 is 15.4 Å². The number of fused-ring (bicyclic) bond motifs is 1. The summed E-state index contributed by atoms with van der Waals surface area (Å²) in [5, 5.41) is 8.31. The highest BCUT2D eigenvalue weighted by atomic mass is 32.2. The van der Waals surface area contributed by atoms with E-state index in [1.165, 1.54) is 24.5 Å². The van der Waals surface area contributed by atoms with Crippen molar-refractivity contribution < 1.29 is 17.2 Å². The molecule has 3 N–H and O–H groups in total. The quantitative estimate of drug-likeness (QED) is 0.441. The lowest BCUT2D eigenvalue weighted by Gasteiger charge is -2.26. The molecule has 2 aromatic heterocycles. The summed E-state index contributed by atoms with van der Waals surface area (Å²) in [5.74, 6) is -0.00301. The smallest absolute Gasteiger partial charge is 0.238 e. The van der Waals surface area contributed by atoms with Crippen LogP contribution in [0.4, 0.5) is 26.1 Å². The number of primary sulfonamides is 1. The largest absolute Gasteiger partial charge is 0.349 e. The van der Waals surface area contributed by atoms with E-state index in [9.17, 15) is 17.2 Å². The molecule has 0 bridgehead atoms. The number of hydrogen-bond donors (Lipinski definition) is 2. The van der Waals surface area contributed by atoms with E-state index in [-0.39, 0.29) is 10.9 Å². The summed E-state index contributed by atoms with van der Waals surface area (Å²) < 4.78 is 51.7. The van der Waals surface area contributed by atoms with Crippen molar-refractivity contribution in [3.8, 4) is 0 Å². The van der Waals surface area contributed by atoms with Crippen LogP contribution in [-0.4, -0.2) is 29.9 Å². The van der Waals surface area contributed by atoms with E-state index in [2.05, 4.69) is 15.3 Å². The van der Waals surface area contributed by atoms with Crippen molar-refractivity contribution in [3.05, 3.63) is 78.1 Å². The van der Waals surface area contributed by atoms with E-state index in [4.69, 9.17) is 10.1 Å². The Morgan fingerprint density at radius 1 is 1.06 bits per heavy atom. The van der Waals surface area contributed by atoms with Crippen LogP contribution in [0.15, 0.2) is 65.8 Å². The zero-order chi connectivity index (χ0) is 23.9. The molecule has 3 heterocycles. The predicted molar refractivity (Wildman–Crippen MR) is 124 cm³/mol. The van der Waals surface area contributed by atoms with E-state index in [1.807, 2.05) is 4.90 Å². The molecule has 11 heteroatoms. The first-order valence-corrected chi connectivity index (χ1v) is 12.1. The van der Waals surface area contributed by atoms with Crippen LogP contribution in [0, 0.1) is 11.6 Å². The molecule has 0 amide bonds. The fraction of sp³-hybridized carbons (Fsp3) is 0.174. The number of anilines is 3. The zero-order valence-corrected chi connectivity index (χ0v) is 18.6. The van der Waals surface area contributed by atoms with Gasteiger partial charge in [-0.1, -0.05) is 6.07 Å². The number of nitrogens with two attached hydrogens (primary N) is 1. The molecular formula is C23H20F2N6O2S. The third-order valence-corrected chi connectivity index (χ3v) is 6.67. The summed E-state index contributed by atoms with van der Waals surface area (Å²) in [6.07, 6.45) is 2.84. The Kier molecular flexibility index (Phi) is 5.58. The number of aromatic nitrogens is 3. The molecule has 0 aliphatic carbocycles. The highest BCUT2D eigenvalue weighted by Gasteiger charge is 2.30. The van der Waals surface area contributed by atoms with Crippen molar-refractivity contribution in [2.45, 2.75) is 23.8 Å². The van der Waals surface area contributed by atoms with Crippen LogP contribution in [0.3, 0.4) is 0 Å². The second-order valence-electron chi connectivity index (χ2n) is 7.97. The maximum Gasteiger partial charge on any atom is 0.238 e. The fourth-order valence-electron chi connectivity index (χ4n) is 4.20. The summed E-state index contributed by atoms with van der Waals surface area (Å²) in [5.41, 5.74) is 1.77. The van der Waals surface area contributed by atoms with Gasteiger partial charge in [0.25, 0.3) is 0 Å². The molecule has 0 unspecified atom stereocenters. The monoisotopic (exact) mass is 482 g/mol. The number of rotatable bonds is 5. The van der Waals surface area contributed by atoms with E-state index >= 15 is 0 Å². The number of benzene rings is 2. The summed E-state index contributed by atoms with van der Waals surface area (Å²) in [6.45, 7) is 0.631. The molecule has 1 aliphatic rings. The van der Waals surface area contributed by atoms with Crippen LogP contribution in [-0.2, 0) is 10.0 Å². The number of halogens is 2. The van der Waals surface area contributed by atoms with Gasteiger partial charge in [-0.3, -0.25) is 0 Å². The van der Waals surface area contributed by atoms with Crippen LogP contribution in [0.2, 0.25) is 0 Å². The first-order chi connectivity index (χ1) is 16.3. The van der Waals surface area contributed by atoms with Crippen LogP contribution in [0.5, 0.6) is 0 Å². The Morgan fingerprint density at radius 3 is 2.74 bits per heavy atom. The standard InChI is InChI=1S/C23H20F2N6O2S/c24-14-6-7-18(25)17(11-14)20-5-2-10-31(20)21-9-8-19-22(30-21)23(28-13-27-19)29-15-3-1-4-16(12-15)34(26,32)33/h1,3-4,6-9,11-13,20H,2,5,10H2,(H2,26,32,33)(H,27,28,29)/t20-/m1/s1. The van der Waals surface area contributed by atoms with Gasteiger partial charge in [0.05, 0.1) is 16.5 Å². The third-order valence-electron chi connectivity index (χ3n) is 5.76. The van der Waals surface area contributed by atoms with Gasteiger partial charge in [-0.15, -0.1) is 0 Å². The molecule has 5 rings (SSSR count). The Labute approximate surface area is 194 Å². The molecular weight excluding hydrogens is 462 g/mol. The minimum Gasteiger partial charge on any atom is -0.349 e. The van der Waals surface area contributed by atoms with Crippen LogP contribution >= 0.6 is 0 Å². The summed E-state index contributed by atoms with van der Waals surface area (Å²) in [4.78, 5) is 15.2. The number of nitrogens with zero attached hydrogens (tertiary/aromatic N) is 4. The zero-order valence-electron chi connectivity index (χ0n) is 17.8. The SMILES string of the molecule is NS(=O)(=O)c1cccc(Nc2ncnc3ccc(N4CCC[C@@H]4c4cc(F)ccc4F)nc23)c1. The molecule has 34 heavy (non-hydrogen) atoms. The Morgan fingerprint density at radius 2 is 1.91 bits per heavy atom. The van der Waals surface area contributed by atoms with Gasteiger partial charge in [0.2, 0.25) is 10.0 Å². The van der Waals surface area contributed by atoms with Gasteiger partial charge in [-0.05, 0) is 61.4 Å². The fourth-order valence-corrected chi connectivity index (χ4v) is 4.76. The van der Waals surface area contributed by atoms with E-state index in [0.29, 0.717) is 46.9 Å². The Bertz CT molecular complexity index is 1500. The number of nitrogens with one attached hydrogen (secondary N) is 1. The maximum atomic E-state index is 14.5. The lowest BCUT2D eigenvalue weighted by molar-refractivity contribution is 0.560. The summed E-state index contributed by atoms with van der Waals surface area (Å²) >= 11 is 0. The van der Waals surface area contributed by atoms with Crippen molar-refractivity contribution in [3.63, 3.8) is 0 Å². The van der Waals surface area contributed by atoms with Crippen LogP contribution in [0.25, 0.3) is 11.0 Å². The highest BCUT2D eigenvalue weighted by Crippen LogP contribution is 2.37. The van der Waals surface area contributed by atoms with Crippen molar-refractivity contribution in [2.75, 3.05) is 16.8 Å². The van der Waals surface area contributed by atoms with Gasteiger partial charge in [0.15, 0.2) is 5.82 Å². The number of sulfonamides is 1. The molecule has 8 nitrogen and oxygen atoms in total. The van der Waals surface area contributed by atoms with E-state index in [0.717, 1.165) is 18.6 Å². The van der Waals surface area contributed by atoms with Crippen molar-refractivity contribution in [2.24, 2.45) is 5.14 Å². The summed E-state index contributed by atoms with van der Waals surface area (Å²) in [6, 6.07) is 12.7. The molecule has 1 saturated heterocycles. The lowest BCUT2D eigenvalue weighted by Crippen LogP contribution is -2.24. The molecule has 4 aromatic rings. The molecule has 0 radical (unpaired) electrons. The number of pyridine rings is 1. The van der Waals surface area contributed by atoms with Crippen molar-refractivity contribution in [1.82, 2.24) is 15.0 Å². The molecule has 174 valence electrons. The summed E-state index contributed by atoms with van der Waals surface area (Å²) in [7, 11) is -3.87.